The van der Waals surface area contributed by atoms with Gasteiger partial charge in [-0.25, -0.2) is 9.37 Å². The number of carbonyl (C=O) groups excluding carboxylic acids is 2. The molecule has 0 aliphatic carbocycles. The molecule has 0 saturated heterocycles. The van der Waals surface area contributed by atoms with Gasteiger partial charge >= 0.3 is 0 Å². The van der Waals surface area contributed by atoms with Crippen molar-refractivity contribution >= 4 is 33.2 Å². The highest BCUT2D eigenvalue weighted by molar-refractivity contribution is 7.22. The van der Waals surface area contributed by atoms with Crippen molar-refractivity contribution < 1.29 is 23.5 Å². The second-order valence-corrected chi connectivity index (χ2v) is 11.1. The number of pyridine rings is 1. The smallest absolute Gasteiger partial charge is 0.248 e. The van der Waals surface area contributed by atoms with E-state index in [2.05, 4.69) is 14.5 Å². The summed E-state index contributed by atoms with van der Waals surface area (Å²) in [5.74, 6) is 0.147. The van der Waals surface area contributed by atoms with Gasteiger partial charge in [-0.3, -0.25) is 14.6 Å². The lowest BCUT2D eigenvalue weighted by molar-refractivity contribution is -0.117. The van der Waals surface area contributed by atoms with E-state index < -0.39 is 11.7 Å². The van der Waals surface area contributed by atoms with Crippen LogP contribution >= 0.6 is 11.3 Å². The molecule has 0 unspecified atom stereocenters. The Balaban J connectivity index is 1.28. The number of aromatic nitrogens is 3. The molecule has 42 heavy (non-hydrogen) atoms. The number of thiophene rings is 1. The van der Waals surface area contributed by atoms with Crippen LogP contribution in [0.1, 0.15) is 40.0 Å². The highest BCUT2D eigenvalue weighted by Crippen LogP contribution is 2.39. The predicted octanol–water partition coefficient (Wildman–Crippen LogP) is 6.05. The molecule has 0 bridgehead atoms. The number of unbranched alkanes of at least 4 members (excludes halogenated alkanes) is 1. The summed E-state index contributed by atoms with van der Waals surface area (Å²) in [7, 11) is 3.71. The van der Waals surface area contributed by atoms with Crippen LogP contribution in [-0.4, -0.2) is 39.9 Å². The number of amides is 1. The maximum Gasteiger partial charge on any atom is 0.248 e. The Kier molecular flexibility index (Phi) is 9.04. The van der Waals surface area contributed by atoms with Crippen molar-refractivity contribution in [3.63, 3.8) is 0 Å². The number of aryl methyl sites for hydroxylation is 1. The van der Waals surface area contributed by atoms with Gasteiger partial charge in [0.15, 0.2) is 11.6 Å². The first kappa shape index (κ1) is 29.1. The fourth-order valence-corrected chi connectivity index (χ4v) is 5.87. The SMILES string of the molecule is COCCCCc1cnc(-c2cc3nccc(Oc4ccc(CC(=O)Cc5cccc(C(N)=O)c5)cc4F)c3s2)n1C. The van der Waals surface area contributed by atoms with Crippen molar-refractivity contribution in [2.75, 3.05) is 13.7 Å². The molecule has 5 rings (SSSR count). The molecule has 0 aliphatic rings. The number of hydrogen-bond acceptors (Lipinski definition) is 7. The van der Waals surface area contributed by atoms with Crippen LogP contribution in [0.2, 0.25) is 0 Å². The molecule has 8 nitrogen and oxygen atoms in total. The largest absolute Gasteiger partial charge is 0.453 e. The minimum Gasteiger partial charge on any atom is -0.453 e. The summed E-state index contributed by atoms with van der Waals surface area (Å²) in [6, 6.07) is 14.8. The summed E-state index contributed by atoms with van der Waals surface area (Å²) in [6.45, 7) is 0.742. The highest BCUT2D eigenvalue weighted by Gasteiger charge is 2.17. The van der Waals surface area contributed by atoms with Crippen molar-refractivity contribution in [3.05, 3.63) is 95.2 Å². The maximum absolute atomic E-state index is 15.1. The molecule has 2 aromatic carbocycles. The zero-order valence-corrected chi connectivity index (χ0v) is 24.2. The van der Waals surface area contributed by atoms with Gasteiger partial charge < -0.3 is 19.8 Å². The van der Waals surface area contributed by atoms with Crippen LogP contribution in [0.25, 0.3) is 20.9 Å². The molecular formula is C32H31FN4O4S. The summed E-state index contributed by atoms with van der Waals surface area (Å²) in [5, 5.41) is 0. The molecule has 0 radical (unpaired) electrons. The lowest BCUT2D eigenvalue weighted by atomic mass is 10.0. The monoisotopic (exact) mass is 586 g/mol. The Morgan fingerprint density at radius 3 is 2.57 bits per heavy atom. The molecule has 216 valence electrons. The standard InChI is InChI=1S/C32H31FN4O4S/c1-37-23(8-3-4-13-40-2)19-36-32(37)29-18-26-30(42-29)28(11-12-35-26)41-27-10-9-21(17-25(27)33)16-24(38)15-20-6-5-7-22(14-20)31(34)39/h5-7,9-12,14,17-19H,3-4,8,13,15-16H2,1-2H3,(H2,34,39). The number of ketones is 1. The Morgan fingerprint density at radius 1 is 1.00 bits per heavy atom. The van der Waals surface area contributed by atoms with Gasteiger partial charge in [-0.1, -0.05) is 18.2 Å². The first-order valence-electron chi connectivity index (χ1n) is 13.6. The number of primary amides is 1. The number of Topliss-reactive ketones (excluding diaryl/α,β-unsaturated/α-hetero) is 1. The van der Waals surface area contributed by atoms with E-state index in [9.17, 15) is 9.59 Å². The first-order valence-corrected chi connectivity index (χ1v) is 14.4. The number of hydrogen-bond donors (Lipinski definition) is 1. The molecule has 0 saturated carbocycles. The number of fused-ring (bicyclic) bond motifs is 1. The average Bonchev–Trinajstić information content (AvgIpc) is 3.56. The van der Waals surface area contributed by atoms with Gasteiger partial charge in [0.05, 0.1) is 15.1 Å². The molecule has 5 aromatic rings. The second kappa shape index (κ2) is 13.1. The number of rotatable bonds is 13. The minimum absolute atomic E-state index is 0.0455. The summed E-state index contributed by atoms with van der Waals surface area (Å²) >= 11 is 1.49. The second-order valence-electron chi connectivity index (χ2n) is 10.0. The Bertz CT molecular complexity index is 1750. The van der Waals surface area contributed by atoms with Gasteiger partial charge in [-0.2, -0.15) is 0 Å². The molecule has 0 aliphatic heterocycles. The van der Waals surface area contributed by atoms with Crippen LogP contribution in [-0.2, 0) is 35.8 Å². The van der Waals surface area contributed by atoms with E-state index >= 15 is 4.39 Å². The Hall–Kier alpha value is -4.41. The molecule has 2 N–H and O–H groups in total. The summed E-state index contributed by atoms with van der Waals surface area (Å²) in [4.78, 5) is 34.1. The lowest BCUT2D eigenvalue weighted by Gasteiger charge is -2.09. The Labute approximate surface area is 246 Å². The van der Waals surface area contributed by atoms with Crippen molar-refractivity contribution in [2.24, 2.45) is 12.8 Å². The highest BCUT2D eigenvalue weighted by atomic mass is 32.1. The maximum atomic E-state index is 15.1. The van der Waals surface area contributed by atoms with Crippen molar-refractivity contribution in [1.82, 2.24) is 14.5 Å². The molecule has 0 spiro atoms. The van der Waals surface area contributed by atoms with E-state index in [1.165, 1.54) is 23.5 Å². The summed E-state index contributed by atoms with van der Waals surface area (Å²) < 4.78 is 29.1. The van der Waals surface area contributed by atoms with Gasteiger partial charge in [-0.05, 0) is 60.7 Å². The summed E-state index contributed by atoms with van der Waals surface area (Å²) in [5.41, 5.74) is 8.75. The fraction of sp³-hybridized carbons (Fsp3) is 0.250. The zero-order valence-electron chi connectivity index (χ0n) is 23.4. The number of halogens is 1. The third kappa shape index (κ3) is 6.72. The molecule has 0 fully saturated rings. The third-order valence-corrected chi connectivity index (χ3v) is 8.08. The Morgan fingerprint density at radius 2 is 1.81 bits per heavy atom. The van der Waals surface area contributed by atoms with Crippen LogP contribution < -0.4 is 10.5 Å². The van der Waals surface area contributed by atoms with Crippen molar-refractivity contribution in [1.29, 1.82) is 0 Å². The number of ether oxygens (including phenoxy) is 2. The number of nitrogens with two attached hydrogens (primary N) is 1. The number of methoxy groups -OCH3 is 1. The third-order valence-electron chi connectivity index (χ3n) is 6.94. The van der Waals surface area contributed by atoms with Crippen LogP contribution in [0.15, 0.2) is 67.0 Å². The van der Waals surface area contributed by atoms with Crippen LogP contribution in [0.4, 0.5) is 4.39 Å². The minimum atomic E-state index is -0.569. The fourth-order valence-electron chi connectivity index (χ4n) is 4.77. The molecule has 10 heteroatoms. The van der Waals surface area contributed by atoms with E-state index in [0.29, 0.717) is 22.4 Å². The van der Waals surface area contributed by atoms with Crippen LogP contribution in [0.3, 0.4) is 0 Å². The van der Waals surface area contributed by atoms with E-state index in [1.807, 2.05) is 19.3 Å². The van der Waals surface area contributed by atoms with E-state index in [0.717, 1.165) is 52.5 Å². The van der Waals surface area contributed by atoms with Gasteiger partial charge in [-0.15, -0.1) is 11.3 Å². The van der Waals surface area contributed by atoms with Crippen molar-refractivity contribution in [2.45, 2.75) is 32.1 Å². The normalized spacial score (nSPS) is 11.2. The topological polar surface area (TPSA) is 109 Å². The quantitative estimate of drug-likeness (QED) is 0.168. The van der Waals surface area contributed by atoms with Gasteiger partial charge in [0.25, 0.3) is 0 Å². The predicted molar refractivity (Wildman–Crippen MR) is 160 cm³/mol. The molecule has 3 heterocycles. The average molecular weight is 587 g/mol. The molecule has 3 aromatic heterocycles. The van der Waals surface area contributed by atoms with Gasteiger partial charge in [0.2, 0.25) is 5.91 Å². The molecule has 1 amide bonds. The number of benzene rings is 2. The van der Waals surface area contributed by atoms with E-state index in [4.69, 9.17) is 15.2 Å². The zero-order chi connectivity index (χ0) is 29.6. The van der Waals surface area contributed by atoms with E-state index in [1.54, 1.807) is 49.7 Å². The summed E-state index contributed by atoms with van der Waals surface area (Å²) in [6.07, 6.45) is 6.61. The van der Waals surface area contributed by atoms with Crippen LogP contribution in [0.5, 0.6) is 11.5 Å². The van der Waals surface area contributed by atoms with Gasteiger partial charge in [0.1, 0.15) is 17.4 Å². The molecular weight excluding hydrogens is 555 g/mol. The van der Waals surface area contributed by atoms with E-state index in [-0.39, 0.29) is 24.4 Å². The number of imidazole rings is 1. The lowest BCUT2D eigenvalue weighted by Crippen LogP contribution is -2.12. The number of nitrogens with zero attached hydrogens (tertiary/aromatic N) is 3. The van der Waals surface area contributed by atoms with Crippen molar-refractivity contribution in [3.8, 4) is 22.2 Å². The molecule has 0 atom stereocenters. The van der Waals surface area contributed by atoms with Gasteiger partial charge in [0, 0.05) is 63.3 Å². The number of carbonyl (C=O) groups is 2. The van der Waals surface area contributed by atoms with Crippen LogP contribution in [0, 0.1) is 5.82 Å². The first-order chi connectivity index (χ1) is 20.3.